The summed E-state index contributed by atoms with van der Waals surface area (Å²) < 4.78 is 0.965. The van der Waals surface area contributed by atoms with Crippen molar-refractivity contribution in [3.05, 3.63) is 67.2 Å². The summed E-state index contributed by atoms with van der Waals surface area (Å²) >= 11 is 1.35. The molecule has 2 heterocycles. The van der Waals surface area contributed by atoms with E-state index < -0.39 is 11.2 Å². The van der Waals surface area contributed by atoms with Gasteiger partial charge in [0, 0.05) is 10.4 Å². The number of aromatic amines is 1. The first-order valence-electron chi connectivity index (χ1n) is 7.73. The molecule has 0 saturated heterocycles. The van der Waals surface area contributed by atoms with Crippen LogP contribution in [-0.2, 0) is 6.54 Å². The Morgan fingerprint density at radius 1 is 1.21 bits per heavy atom. The van der Waals surface area contributed by atoms with Crippen LogP contribution in [0, 0.1) is 6.92 Å². The van der Waals surface area contributed by atoms with Crippen LogP contribution in [0.15, 0.2) is 39.9 Å². The maximum absolute atomic E-state index is 12.5. The van der Waals surface area contributed by atoms with Crippen molar-refractivity contribution in [2.75, 3.05) is 0 Å². The van der Waals surface area contributed by atoms with E-state index >= 15 is 0 Å². The van der Waals surface area contributed by atoms with Gasteiger partial charge in [0.15, 0.2) is 5.78 Å². The molecule has 0 amide bonds. The van der Waals surface area contributed by atoms with E-state index in [9.17, 15) is 14.4 Å². The SMILES string of the molecule is Cc1cc2c(=O)n(CC(=O)c3ccc(C(C)C)cc3)c(=O)[nH]c2s1. The second-order valence-electron chi connectivity index (χ2n) is 6.12. The number of rotatable bonds is 4. The van der Waals surface area contributed by atoms with Crippen LogP contribution in [0.25, 0.3) is 10.2 Å². The molecule has 3 aromatic rings. The maximum atomic E-state index is 12.5. The van der Waals surface area contributed by atoms with Gasteiger partial charge in [-0.3, -0.25) is 19.1 Å². The van der Waals surface area contributed by atoms with Gasteiger partial charge in [0.05, 0.1) is 11.9 Å². The lowest BCUT2D eigenvalue weighted by atomic mass is 10.0. The fourth-order valence-electron chi connectivity index (χ4n) is 2.60. The maximum Gasteiger partial charge on any atom is 0.329 e. The second kappa shape index (κ2) is 6.20. The van der Waals surface area contributed by atoms with Crippen LogP contribution in [0.1, 0.15) is 40.6 Å². The van der Waals surface area contributed by atoms with Crippen molar-refractivity contribution < 1.29 is 4.79 Å². The van der Waals surface area contributed by atoms with E-state index in [1.54, 1.807) is 18.2 Å². The number of H-pyrrole nitrogens is 1. The highest BCUT2D eigenvalue weighted by Gasteiger charge is 2.14. The van der Waals surface area contributed by atoms with Crippen molar-refractivity contribution in [2.24, 2.45) is 0 Å². The van der Waals surface area contributed by atoms with Crippen molar-refractivity contribution in [3.8, 4) is 0 Å². The third-order valence-corrected chi connectivity index (χ3v) is 4.96. The molecule has 6 heteroatoms. The van der Waals surface area contributed by atoms with Crippen LogP contribution in [0.4, 0.5) is 0 Å². The van der Waals surface area contributed by atoms with Crippen LogP contribution in [0.3, 0.4) is 0 Å². The summed E-state index contributed by atoms with van der Waals surface area (Å²) in [5.41, 5.74) is 0.649. The Morgan fingerprint density at radius 2 is 1.88 bits per heavy atom. The van der Waals surface area contributed by atoms with Crippen LogP contribution in [0.5, 0.6) is 0 Å². The number of nitrogens with zero attached hydrogens (tertiary/aromatic N) is 1. The van der Waals surface area contributed by atoms with Crippen LogP contribution in [0.2, 0.25) is 0 Å². The van der Waals surface area contributed by atoms with Crippen molar-refractivity contribution in [3.63, 3.8) is 0 Å². The van der Waals surface area contributed by atoms with Crippen LogP contribution < -0.4 is 11.2 Å². The van der Waals surface area contributed by atoms with Gasteiger partial charge in [-0.15, -0.1) is 11.3 Å². The van der Waals surface area contributed by atoms with Gasteiger partial charge in [-0.1, -0.05) is 38.1 Å². The third-order valence-electron chi connectivity index (χ3n) is 4.00. The van der Waals surface area contributed by atoms with Crippen molar-refractivity contribution in [1.82, 2.24) is 9.55 Å². The molecule has 1 aromatic carbocycles. The van der Waals surface area contributed by atoms with E-state index in [0.29, 0.717) is 21.7 Å². The zero-order chi connectivity index (χ0) is 17.4. The highest BCUT2D eigenvalue weighted by atomic mass is 32.1. The van der Waals surface area contributed by atoms with Gasteiger partial charge in [0.1, 0.15) is 4.83 Å². The molecule has 5 nitrogen and oxygen atoms in total. The van der Waals surface area contributed by atoms with E-state index in [1.807, 2.05) is 19.1 Å². The largest absolute Gasteiger partial charge is 0.329 e. The molecule has 1 N–H and O–H groups in total. The number of thiophene rings is 1. The molecule has 3 rings (SSSR count). The standard InChI is InChI=1S/C18H18N2O3S/c1-10(2)12-4-6-13(7-5-12)15(21)9-20-17(22)14-8-11(3)24-16(14)19-18(20)23/h4-8,10H,9H2,1-3H3,(H,19,23). The smallest absolute Gasteiger partial charge is 0.298 e. The van der Waals surface area contributed by atoms with Crippen LogP contribution >= 0.6 is 11.3 Å². The van der Waals surface area contributed by atoms with Crippen molar-refractivity contribution in [2.45, 2.75) is 33.2 Å². The lowest BCUT2D eigenvalue weighted by molar-refractivity contribution is 0.0969. The van der Waals surface area contributed by atoms with Gasteiger partial charge in [-0.05, 0) is 24.5 Å². The molecular formula is C18H18N2O3S. The Hall–Kier alpha value is -2.47. The fraction of sp³-hybridized carbons (Fsp3) is 0.278. The van der Waals surface area contributed by atoms with Gasteiger partial charge in [-0.25, -0.2) is 4.79 Å². The molecule has 0 aliphatic carbocycles. The average Bonchev–Trinajstić information content (AvgIpc) is 2.91. The molecule has 0 aliphatic heterocycles. The Labute approximate surface area is 142 Å². The summed E-state index contributed by atoms with van der Waals surface area (Å²) in [5, 5.41) is 0.444. The minimum Gasteiger partial charge on any atom is -0.298 e. The lowest BCUT2D eigenvalue weighted by Gasteiger charge is -2.07. The Balaban J connectivity index is 1.96. The van der Waals surface area contributed by atoms with Gasteiger partial charge >= 0.3 is 5.69 Å². The Morgan fingerprint density at radius 3 is 2.50 bits per heavy atom. The predicted octanol–water partition coefficient (Wildman–Crippen LogP) is 3.07. The second-order valence-corrected chi connectivity index (χ2v) is 7.38. The number of aromatic nitrogens is 2. The molecule has 0 spiro atoms. The first-order valence-corrected chi connectivity index (χ1v) is 8.55. The summed E-state index contributed by atoms with van der Waals surface area (Å²) in [7, 11) is 0. The van der Waals surface area contributed by atoms with E-state index in [-0.39, 0.29) is 12.3 Å². The highest BCUT2D eigenvalue weighted by molar-refractivity contribution is 7.18. The van der Waals surface area contributed by atoms with Gasteiger partial charge in [-0.2, -0.15) is 0 Å². The van der Waals surface area contributed by atoms with E-state index in [4.69, 9.17) is 0 Å². The molecule has 0 saturated carbocycles. The third kappa shape index (κ3) is 2.97. The molecule has 0 aliphatic rings. The number of ketones is 1. The Bertz CT molecular complexity index is 1020. The normalized spacial score (nSPS) is 11.3. The number of carbonyl (C=O) groups excluding carboxylic acids is 1. The number of Topliss-reactive ketones (excluding diaryl/α,β-unsaturated/α-hetero) is 1. The van der Waals surface area contributed by atoms with Crippen molar-refractivity contribution >= 4 is 27.3 Å². The van der Waals surface area contributed by atoms with Crippen LogP contribution in [-0.4, -0.2) is 15.3 Å². The summed E-state index contributed by atoms with van der Waals surface area (Å²) in [5.74, 6) is 0.119. The number of nitrogens with one attached hydrogen (secondary N) is 1. The van der Waals surface area contributed by atoms with E-state index in [2.05, 4.69) is 18.8 Å². The Kier molecular flexibility index (Phi) is 4.24. The molecule has 0 fully saturated rings. The van der Waals surface area contributed by atoms with E-state index in [1.165, 1.54) is 11.3 Å². The minimum absolute atomic E-state index is 0.260. The number of aryl methyl sites for hydroxylation is 1. The van der Waals surface area contributed by atoms with Crippen molar-refractivity contribution in [1.29, 1.82) is 0 Å². The highest BCUT2D eigenvalue weighted by Crippen LogP contribution is 2.19. The first kappa shape index (κ1) is 16.4. The molecule has 0 unspecified atom stereocenters. The zero-order valence-corrected chi connectivity index (χ0v) is 14.6. The summed E-state index contributed by atoms with van der Waals surface area (Å²) in [6.45, 7) is 5.76. The predicted molar refractivity (Wildman–Crippen MR) is 96.3 cm³/mol. The molecule has 2 aromatic heterocycles. The summed E-state index contributed by atoms with van der Waals surface area (Å²) in [6.07, 6.45) is 0. The van der Waals surface area contributed by atoms with E-state index in [0.717, 1.165) is 15.0 Å². The number of hydrogen-bond donors (Lipinski definition) is 1. The number of fused-ring (bicyclic) bond motifs is 1. The fourth-order valence-corrected chi connectivity index (χ4v) is 3.49. The average molecular weight is 342 g/mol. The summed E-state index contributed by atoms with van der Waals surface area (Å²) in [6, 6.07) is 9.01. The monoisotopic (exact) mass is 342 g/mol. The number of hydrogen-bond acceptors (Lipinski definition) is 4. The van der Waals surface area contributed by atoms with Gasteiger partial charge in [0.25, 0.3) is 5.56 Å². The molecule has 0 bridgehead atoms. The molecular weight excluding hydrogens is 324 g/mol. The molecule has 124 valence electrons. The summed E-state index contributed by atoms with van der Waals surface area (Å²) in [4.78, 5) is 41.2. The zero-order valence-electron chi connectivity index (χ0n) is 13.8. The first-order chi connectivity index (χ1) is 11.4. The number of benzene rings is 1. The van der Waals surface area contributed by atoms with Gasteiger partial charge < -0.3 is 0 Å². The number of carbonyl (C=O) groups is 1. The molecule has 24 heavy (non-hydrogen) atoms. The molecule has 0 radical (unpaired) electrons. The minimum atomic E-state index is -0.554. The van der Waals surface area contributed by atoms with Gasteiger partial charge in [0.2, 0.25) is 0 Å². The molecule has 0 atom stereocenters. The lowest BCUT2D eigenvalue weighted by Crippen LogP contribution is -2.36. The topological polar surface area (TPSA) is 71.9 Å². The quantitative estimate of drug-likeness (QED) is 0.741.